The van der Waals surface area contributed by atoms with E-state index in [9.17, 15) is 9.59 Å². The molecule has 2 atom stereocenters. The zero-order chi connectivity index (χ0) is 24.5. The van der Waals surface area contributed by atoms with E-state index < -0.39 is 23.4 Å². The molecule has 0 spiro atoms. The van der Waals surface area contributed by atoms with Crippen LogP contribution in [0.5, 0.6) is 0 Å². The molecule has 0 bridgehead atoms. The summed E-state index contributed by atoms with van der Waals surface area (Å²) >= 11 is 1.36. The summed E-state index contributed by atoms with van der Waals surface area (Å²) in [6, 6.07) is 5.56. The average molecular weight is 488 g/mol. The van der Waals surface area contributed by atoms with Gasteiger partial charge in [-0.25, -0.2) is 14.2 Å². The molecule has 1 N–H and O–H groups in total. The van der Waals surface area contributed by atoms with E-state index in [0.29, 0.717) is 28.7 Å². The molecule has 4 rings (SSSR count). The Morgan fingerprint density at radius 2 is 2.09 bits per heavy atom. The molecule has 1 aromatic carbocycles. The van der Waals surface area contributed by atoms with Gasteiger partial charge in [-0.05, 0) is 52.0 Å². The number of amidine groups is 1. The summed E-state index contributed by atoms with van der Waals surface area (Å²) in [5.41, 5.74) is 0.976. The number of nitrogens with one attached hydrogen (secondary N) is 1. The van der Waals surface area contributed by atoms with E-state index in [1.54, 1.807) is 50.8 Å². The van der Waals surface area contributed by atoms with Gasteiger partial charge in [0.15, 0.2) is 5.17 Å². The minimum absolute atomic E-state index is 0.0403. The number of ether oxygens (including phenoxy) is 2. The monoisotopic (exact) mass is 487 g/mol. The number of rotatable bonds is 6. The van der Waals surface area contributed by atoms with E-state index in [1.807, 2.05) is 5.41 Å². The van der Waals surface area contributed by atoms with Crippen LogP contribution in [-0.2, 0) is 19.1 Å². The fourth-order valence-corrected chi connectivity index (χ4v) is 5.18. The molecule has 34 heavy (non-hydrogen) atoms. The molecule has 0 aliphatic carbocycles. The normalized spacial score (nSPS) is 22.3. The Morgan fingerprint density at radius 3 is 2.76 bits per heavy atom. The number of carbonyl (C=O) groups excluding carboxylic acids is 2. The number of fused-ring (bicyclic) bond motifs is 1. The molecule has 3 aliphatic rings. The van der Waals surface area contributed by atoms with Crippen LogP contribution in [0.4, 0.5) is 4.39 Å². The van der Waals surface area contributed by atoms with Gasteiger partial charge < -0.3 is 19.7 Å². The number of nitrogens with zero attached hydrogens (tertiary/aromatic N) is 2. The van der Waals surface area contributed by atoms with Gasteiger partial charge in [0.05, 0.1) is 29.8 Å². The Hall–Kier alpha value is -2.65. The molecule has 0 radical (unpaired) electrons. The van der Waals surface area contributed by atoms with Crippen molar-refractivity contribution >= 4 is 28.8 Å². The lowest BCUT2D eigenvalue weighted by molar-refractivity contribution is -0.150. The van der Waals surface area contributed by atoms with Gasteiger partial charge >= 0.3 is 5.97 Å². The maximum atomic E-state index is 15.1. The van der Waals surface area contributed by atoms with Crippen molar-refractivity contribution in [3.05, 3.63) is 58.0 Å². The van der Waals surface area contributed by atoms with Gasteiger partial charge in [-0.3, -0.25) is 4.79 Å². The summed E-state index contributed by atoms with van der Waals surface area (Å²) in [6.45, 7) is 8.26. The topological polar surface area (TPSA) is 80.2 Å². The smallest absolute Gasteiger partial charge is 0.338 e. The highest BCUT2D eigenvalue weighted by Gasteiger charge is 2.42. The zero-order valence-electron chi connectivity index (χ0n) is 19.9. The molecule has 1 amide bonds. The van der Waals surface area contributed by atoms with Crippen molar-refractivity contribution in [3.8, 4) is 0 Å². The van der Waals surface area contributed by atoms with Crippen LogP contribution >= 0.6 is 11.8 Å². The van der Waals surface area contributed by atoms with Crippen molar-refractivity contribution in [2.24, 2.45) is 4.99 Å². The second kappa shape index (κ2) is 9.92. The number of hydrogen-bond acceptors (Lipinski definition) is 7. The summed E-state index contributed by atoms with van der Waals surface area (Å²) in [7, 11) is 0. The van der Waals surface area contributed by atoms with E-state index in [-0.39, 0.29) is 24.0 Å². The molecular formula is C25H30FN3O4S. The lowest BCUT2D eigenvalue weighted by Crippen LogP contribution is -2.40. The van der Waals surface area contributed by atoms with Crippen LogP contribution in [0.1, 0.15) is 58.6 Å². The van der Waals surface area contributed by atoms with Crippen molar-refractivity contribution < 1.29 is 23.5 Å². The van der Waals surface area contributed by atoms with E-state index in [1.165, 1.54) is 17.8 Å². The quantitative estimate of drug-likeness (QED) is 0.598. The first-order chi connectivity index (χ1) is 16.1. The lowest BCUT2D eigenvalue weighted by atomic mass is 9.93. The maximum Gasteiger partial charge on any atom is 0.338 e. The molecule has 9 heteroatoms. The van der Waals surface area contributed by atoms with Crippen molar-refractivity contribution in [1.82, 2.24) is 10.2 Å². The summed E-state index contributed by atoms with van der Waals surface area (Å²) in [6.07, 6.45) is 2.04. The Kier molecular flexibility index (Phi) is 7.14. The number of allylic oxidation sites excluding steroid dienone is 1. The maximum absolute atomic E-state index is 15.1. The number of aliphatic imine (C=N–C) groups is 1. The number of hydrogen-bond donors (Lipinski definition) is 1. The van der Waals surface area contributed by atoms with Crippen LogP contribution in [0.15, 0.2) is 51.6 Å². The van der Waals surface area contributed by atoms with E-state index in [2.05, 4.69) is 10.3 Å². The third-order valence-electron chi connectivity index (χ3n) is 5.71. The second-order valence-corrected chi connectivity index (χ2v) is 10.4. The minimum Gasteiger partial charge on any atom is -0.456 e. The molecule has 182 valence electrons. The number of esters is 1. The zero-order valence-corrected chi connectivity index (χ0v) is 20.7. The number of benzene rings is 1. The van der Waals surface area contributed by atoms with Crippen LogP contribution < -0.4 is 5.32 Å². The molecule has 0 unspecified atom stereocenters. The van der Waals surface area contributed by atoms with Crippen molar-refractivity contribution in [3.63, 3.8) is 0 Å². The standard InChI is InChI=1S/C25H30FN3O4S/c1-15-21(23(31)33-25(2,3)4)22(18-9-5-6-10-19(18)26)29-16(14-34-24(29)28-15)12-20(30)27-13-17-8-7-11-32-17/h5-6,9-10,14,17,22H,7-8,11-13H2,1-4H3,(H,27,30)/t17-,22-/m0/s1. The van der Waals surface area contributed by atoms with Gasteiger partial charge in [0.1, 0.15) is 11.4 Å². The Labute approximate surface area is 203 Å². The van der Waals surface area contributed by atoms with Gasteiger partial charge in [-0.1, -0.05) is 30.0 Å². The lowest BCUT2D eigenvalue weighted by Gasteiger charge is -2.37. The van der Waals surface area contributed by atoms with Gasteiger partial charge in [0.2, 0.25) is 5.91 Å². The highest BCUT2D eigenvalue weighted by atomic mass is 32.2. The van der Waals surface area contributed by atoms with E-state index >= 15 is 4.39 Å². The van der Waals surface area contributed by atoms with Crippen LogP contribution in [0.2, 0.25) is 0 Å². The second-order valence-electron chi connectivity index (χ2n) is 9.53. The summed E-state index contributed by atoms with van der Waals surface area (Å²) < 4.78 is 26.3. The molecule has 3 aliphatic heterocycles. The van der Waals surface area contributed by atoms with Gasteiger partial charge in [0, 0.05) is 24.4 Å². The van der Waals surface area contributed by atoms with Crippen molar-refractivity contribution in [1.29, 1.82) is 0 Å². The summed E-state index contributed by atoms with van der Waals surface area (Å²) in [5.74, 6) is -1.16. The third kappa shape index (κ3) is 5.36. The van der Waals surface area contributed by atoms with Crippen LogP contribution in [-0.4, -0.2) is 46.8 Å². The fourth-order valence-electron chi connectivity index (χ4n) is 4.21. The highest BCUT2D eigenvalue weighted by molar-refractivity contribution is 8.16. The molecule has 0 aromatic heterocycles. The van der Waals surface area contributed by atoms with E-state index in [0.717, 1.165) is 19.4 Å². The molecule has 3 heterocycles. The molecule has 1 fully saturated rings. The third-order valence-corrected chi connectivity index (χ3v) is 6.60. The molecular weight excluding hydrogens is 457 g/mol. The Morgan fingerprint density at radius 1 is 1.32 bits per heavy atom. The predicted molar refractivity (Wildman–Crippen MR) is 129 cm³/mol. The number of halogens is 1. The first-order valence-electron chi connectivity index (χ1n) is 11.4. The number of amides is 1. The largest absolute Gasteiger partial charge is 0.456 e. The van der Waals surface area contributed by atoms with Crippen molar-refractivity contribution in [2.75, 3.05) is 13.2 Å². The summed E-state index contributed by atoms with van der Waals surface area (Å²) in [4.78, 5) is 32.4. The van der Waals surface area contributed by atoms with Gasteiger partial charge in [0.25, 0.3) is 0 Å². The fraction of sp³-hybridized carbons (Fsp3) is 0.480. The number of thioether (sulfide) groups is 1. The Balaban J connectivity index is 1.63. The minimum atomic E-state index is -0.796. The first-order valence-corrected chi connectivity index (χ1v) is 12.3. The predicted octanol–water partition coefficient (Wildman–Crippen LogP) is 4.43. The molecule has 1 aromatic rings. The molecule has 7 nitrogen and oxygen atoms in total. The van der Waals surface area contributed by atoms with Crippen LogP contribution in [0.3, 0.4) is 0 Å². The summed E-state index contributed by atoms with van der Waals surface area (Å²) in [5, 5.41) is 5.36. The Bertz CT molecular complexity index is 1070. The molecule has 0 saturated carbocycles. The van der Waals surface area contributed by atoms with Crippen LogP contribution in [0, 0.1) is 5.82 Å². The van der Waals surface area contributed by atoms with Crippen molar-refractivity contribution in [2.45, 2.75) is 64.7 Å². The molecule has 1 saturated heterocycles. The average Bonchev–Trinajstić information content (AvgIpc) is 3.40. The van der Waals surface area contributed by atoms with Gasteiger partial charge in [-0.15, -0.1) is 0 Å². The van der Waals surface area contributed by atoms with E-state index in [4.69, 9.17) is 9.47 Å². The van der Waals surface area contributed by atoms with Crippen LogP contribution in [0.25, 0.3) is 0 Å². The SMILES string of the molecule is CC1=C(C(=O)OC(C)(C)C)[C@H](c2ccccc2F)N2C(CC(=O)NC[C@@H]3CCCO3)=CSC2=N1. The first kappa shape index (κ1) is 24.5. The number of carbonyl (C=O) groups is 2. The van der Waals surface area contributed by atoms with Gasteiger partial charge in [-0.2, -0.15) is 0 Å². The highest BCUT2D eigenvalue weighted by Crippen LogP contribution is 2.45.